The number of nitrogens with one attached hydrogen (secondary N) is 1. The average molecular weight is 233 g/mol. The summed E-state index contributed by atoms with van der Waals surface area (Å²) in [6.45, 7) is 4.32. The van der Waals surface area contributed by atoms with Crippen LogP contribution >= 0.6 is 0 Å². The molecule has 1 aliphatic heterocycles. The molecule has 3 heteroatoms. The second kappa shape index (κ2) is 4.88. The van der Waals surface area contributed by atoms with Crippen LogP contribution in [0.5, 0.6) is 0 Å². The molecule has 1 saturated heterocycles. The second-order valence-corrected chi connectivity index (χ2v) is 5.09. The highest BCUT2D eigenvalue weighted by molar-refractivity contribution is 5.74. The van der Waals surface area contributed by atoms with Gasteiger partial charge in [-0.05, 0) is 23.8 Å². The molecule has 0 unspecified atom stereocenters. The minimum atomic E-state index is -0.742. The predicted molar refractivity (Wildman–Crippen MR) is 66.7 cm³/mol. The number of aliphatic carboxylic acids is 1. The molecule has 2 N–H and O–H groups in total. The zero-order chi connectivity index (χ0) is 12.4. The first kappa shape index (κ1) is 12.1. The maximum Gasteiger partial charge on any atom is 0.320 e. The fourth-order valence-corrected chi connectivity index (χ4v) is 2.65. The van der Waals surface area contributed by atoms with Crippen LogP contribution in [0.2, 0.25) is 0 Å². The Hall–Kier alpha value is -1.35. The maximum atomic E-state index is 11.1. The molecule has 1 aliphatic rings. The van der Waals surface area contributed by atoms with Gasteiger partial charge in [0.15, 0.2) is 0 Å². The highest BCUT2D eigenvalue weighted by Gasteiger charge is 2.39. The average Bonchev–Trinajstić information content (AvgIpc) is 2.75. The van der Waals surface area contributed by atoms with Gasteiger partial charge in [0.1, 0.15) is 6.04 Å². The van der Waals surface area contributed by atoms with Crippen molar-refractivity contribution in [3.63, 3.8) is 0 Å². The van der Waals surface area contributed by atoms with Gasteiger partial charge in [-0.25, -0.2) is 0 Å². The standard InChI is InChI=1S/C14H19NO2/c1-9(2)11-8-12(14(16)17)15-13(11)10-6-4-3-5-7-10/h3-7,9,11-13,15H,8H2,1-2H3,(H,16,17)/t11-,12-,13+/m0/s1. The Morgan fingerprint density at radius 3 is 2.53 bits per heavy atom. The van der Waals surface area contributed by atoms with E-state index in [1.165, 1.54) is 5.56 Å². The van der Waals surface area contributed by atoms with Crippen LogP contribution < -0.4 is 5.32 Å². The monoisotopic (exact) mass is 233 g/mol. The van der Waals surface area contributed by atoms with Gasteiger partial charge in [-0.15, -0.1) is 0 Å². The summed E-state index contributed by atoms with van der Waals surface area (Å²) in [6, 6.07) is 9.88. The van der Waals surface area contributed by atoms with Crippen molar-refractivity contribution in [3.05, 3.63) is 35.9 Å². The third-order valence-corrected chi connectivity index (χ3v) is 3.63. The summed E-state index contributed by atoms with van der Waals surface area (Å²) in [7, 11) is 0. The molecule has 1 aromatic carbocycles. The summed E-state index contributed by atoms with van der Waals surface area (Å²) in [6.07, 6.45) is 0.715. The van der Waals surface area contributed by atoms with Crippen molar-refractivity contribution in [2.75, 3.05) is 0 Å². The molecule has 1 heterocycles. The molecule has 1 aromatic rings. The largest absolute Gasteiger partial charge is 0.480 e. The van der Waals surface area contributed by atoms with Gasteiger partial charge in [0, 0.05) is 6.04 Å². The van der Waals surface area contributed by atoms with Crippen molar-refractivity contribution in [1.82, 2.24) is 5.32 Å². The molecular formula is C14H19NO2. The zero-order valence-corrected chi connectivity index (χ0v) is 10.3. The van der Waals surface area contributed by atoms with Crippen molar-refractivity contribution < 1.29 is 9.90 Å². The summed E-state index contributed by atoms with van der Waals surface area (Å²) < 4.78 is 0. The minimum absolute atomic E-state index is 0.164. The number of hydrogen-bond donors (Lipinski definition) is 2. The van der Waals surface area contributed by atoms with E-state index in [-0.39, 0.29) is 6.04 Å². The van der Waals surface area contributed by atoms with E-state index in [9.17, 15) is 4.79 Å². The van der Waals surface area contributed by atoms with Gasteiger partial charge in [-0.3, -0.25) is 10.1 Å². The molecular weight excluding hydrogens is 214 g/mol. The van der Waals surface area contributed by atoms with E-state index in [1.807, 2.05) is 18.2 Å². The molecule has 0 spiro atoms. The van der Waals surface area contributed by atoms with Crippen LogP contribution in [0.4, 0.5) is 0 Å². The Labute approximate surface area is 102 Å². The van der Waals surface area contributed by atoms with Gasteiger partial charge in [-0.1, -0.05) is 44.2 Å². The van der Waals surface area contributed by atoms with Crippen LogP contribution in [0.3, 0.4) is 0 Å². The molecule has 0 aromatic heterocycles. The Morgan fingerprint density at radius 1 is 1.35 bits per heavy atom. The molecule has 0 aliphatic carbocycles. The summed E-state index contributed by atoms with van der Waals surface area (Å²) in [4.78, 5) is 11.1. The lowest BCUT2D eigenvalue weighted by atomic mass is 9.85. The first-order valence-electron chi connectivity index (χ1n) is 6.13. The second-order valence-electron chi connectivity index (χ2n) is 5.09. The summed E-state index contributed by atoms with van der Waals surface area (Å²) in [5.41, 5.74) is 1.19. The minimum Gasteiger partial charge on any atom is -0.480 e. The van der Waals surface area contributed by atoms with Crippen LogP contribution in [-0.2, 0) is 4.79 Å². The zero-order valence-electron chi connectivity index (χ0n) is 10.3. The fourth-order valence-electron chi connectivity index (χ4n) is 2.65. The number of benzene rings is 1. The van der Waals surface area contributed by atoms with Crippen LogP contribution in [0, 0.1) is 11.8 Å². The van der Waals surface area contributed by atoms with Crippen LogP contribution in [0.15, 0.2) is 30.3 Å². The Bertz CT molecular complexity index is 388. The molecule has 0 amide bonds. The van der Waals surface area contributed by atoms with E-state index in [0.29, 0.717) is 18.3 Å². The molecule has 17 heavy (non-hydrogen) atoms. The number of carboxylic acids is 1. The maximum absolute atomic E-state index is 11.1. The van der Waals surface area contributed by atoms with Crippen molar-refractivity contribution in [2.24, 2.45) is 11.8 Å². The number of rotatable bonds is 3. The molecule has 0 radical (unpaired) electrons. The number of carboxylic acid groups (broad SMARTS) is 1. The van der Waals surface area contributed by atoms with E-state index >= 15 is 0 Å². The van der Waals surface area contributed by atoms with E-state index in [0.717, 1.165) is 0 Å². The van der Waals surface area contributed by atoms with Crippen LogP contribution in [0.1, 0.15) is 31.9 Å². The lowest BCUT2D eigenvalue weighted by Crippen LogP contribution is -2.32. The van der Waals surface area contributed by atoms with E-state index in [1.54, 1.807) is 0 Å². The Kier molecular flexibility index (Phi) is 3.48. The molecule has 0 bridgehead atoms. The summed E-state index contributed by atoms with van der Waals surface area (Å²) in [5, 5.41) is 12.4. The molecule has 3 atom stereocenters. The van der Waals surface area contributed by atoms with Gasteiger partial charge in [0.25, 0.3) is 0 Å². The normalized spacial score (nSPS) is 28.5. The van der Waals surface area contributed by atoms with E-state index < -0.39 is 12.0 Å². The van der Waals surface area contributed by atoms with Crippen molar-refractivity contribution in [3.8, 4) is 0 Å². The lowest BCUT2D eigenvalue weighted by Gasteiger charge is -2.23. The first-order valence-corrected chi connectivity index (χ1v) is 6.13. The smallest absolute Gasteiger partial charge is 0.320 e. The highest BCUT2D eigenvalue weighted by atomic mass is 16.4. The molecule has 0 saturated carbocycles. The van der Waals surface area contributed by atoms with Gasteiger partial charge < -0.3 is 5.11 Å². The molecule has 3 nitrogen and oxygen atoms in total. The SMILES string of the molecule is CC(C)[C@@H]1C[C@@H](C(=O)O)N[C@@H]1c1ccccc1. The van der Waals surface area contributed by atoms with Crippen molar-refractivity contribution in [2.45, 2.75) is 32.4 Å². The third-order valence-electron chi connectivity index (χ3n) is 3.63. The first-order chi connectivity index (χ1) is 8.09. The Balaban J connectivity index is 2.23. The summed E-state index contributed by atoms with van der Waals surface area (Å²) >= 11 is 0. The molecule has 2 rings (SSSR count). The number of hydrogen-bond acceptors (Lipinski definition) is 2. The topological polar surface area (TPSA) is 49.3 Å². The fraction of sp³-hybridized carbons (Fsp3) is 0.500. The van der Waals surface area contributed by atoms with Gasteiger partial charge in [0.05, 0.1) is 0 Å². The van der Waals surface area contributed by atoms with Gasteiger partial charge in [0.2, 0.25) is 0 Å². The number of carbonyl (C=O) groups is 1. The Morgan fingerprint density at radius 2 is 2.00 bits per heavy atom. The summed E-state index contributed by atoms with van der Waals surface area (Å²) in [5.74, 6) is 0.129. The van der Waals surface area contributed by atoms with Crippen LogP contribution in [0.25, 0.3) is 0 Å². The van der Waals surface area contributed by atoms with Crippen LogP contribution in [-0.4, -0.2) is 17.1 Å². The predicted octanol–water partition coefficient (Wildman–Crippen LogP) is 2.45. The third kappa shape index (κ3) is 2.50. The molecule has 92 valence electrons. The highest BCUT2D eigenvalue weighted by Crippen LogP contribution is 2.37. The van der Waals surface area contributed by atoms with Gasteiger partial charge >= 0.3 is 5.97 Å². The lowest BCUT2D eigenvalue weighted by molar-refractivity contribution is -0.139. The molecule has 1 fully saturated rings. The van der Waals surface area contributed by atoms with E-state index in [2.05, 4.69) is 31.3 Å². The van der Waals surface area contributed by atoms with Gasteiger partial charge in [-0.2, -0.15) is 0 Å². The quantitative estimate of drug-likeness (QED) is 0.843. The van der Waals surface area contributed by atoms with E-state index in [4.69, 9.17) is 5.11 Å². The van der Waals surface area contributed by atoms with Crippen molar-refractivity contribution in [1.29, 1.82) is 0 Å². The van der Waals surface area contributed by atoms with Crippen molar-refractivity contribution >= 4 is 5.97 Å².